The van der Waals surface area contributed by atoms with E-state index in [2.05, 4.69) is 11.4 Å². The van der Waals surface area contributed by atoms with Crippen LogP contribution in [0, 0.1) is 11.3 Å². The summed E-state index contributed by atoms with van der Waals surface area (Å²) >= 11 is 11.8. The van der Waals surface area contributed by atoms with Crippen LogP contribution in [0.2, 0.25) is 10.0 Å². The number of hydrogen-bond donors (Lipinski definition) is 1. The van der Waals surface area contributed by atoms with E-state index in [9.17, 15) is 10.1 Å². The van der Waals surface area contributed by atoms with Gasteiger partial charge in [-0.05, 0) is 38.0 Å². The highest BCUT2D eigenvalue weighted by atomic mass is 35.5. The molecule has 0 bridgehead atoms. The molecule has 0 aliphatic carbocycles. The van der Waals surface area contributed by atoms with Gasteiger partial charge in [-0.3, -0.25) is 4.79 Å². The number of rotatable bonds is 6. The molecule has 0 aliphatic heterocycles. The van der Waals surface area contributed by atoms with Gasteiger partial charge in [-0.25, -0.2) is 0 Å². The average Bonchev–Trinajstić information content (AvgIpc) is 2.47. The summed E-state index contributed by atoms with van der Waals surface area (Å²) in [6.07, 6.45) is 0.287. The molecule has 0 radical (unpaired) electrons. The number of nitriles is 1. The van der Waals surface area contributed by atoms with Gasteiger partial charge < -0.3 is 10.1 Å². The van der Waals surface area contributed by atoms with Crippen LogP contribution in [-0.4, -0.2) is 17.6 Å². The van der Waals surface area contributed by atoms with Crippen LogP contribution in [0.25, 0.3) is 0 Å². The molecule has 6 heteroatoms. The fourth-order valence-corrected chi connectivity index (χ4v) is 2.22. The van der Waals surface area contributed by atoms with Gasteiger partial charge in [-0.15, -0.1) is 0 Å². The standard InChI is InChI=1S/C15H18Cl2N2O2/c1-4-15(5-2,9-18)19-14(20)10(3)21-13-7-6-11(16)8-12(13)17/h6-8,10H,4-5H2,1-3H3,(H,19,20). The zero-order chi connectivity index (χ0) is 16.0. The maximum absolute atomic E-state index is 12.2. The molecule has 1 unspecified atom stereocenters. The maximum atomic E-state index is 12.2. The average molecular weight is 329 g/mol. The van der Waals surface area contributed by atoms with Crippen LogP contribution in [0.15, 0.2) is 18.2 Å². The normalized spacial score (nSPS) is 12.4. The van der Waals surface area contributed by atoms with Gasteiger partial charge in [-0.2, -0.15) is 5.26 Å². The molecule has 21 heavy (non-hydrogen) atoms. The van der Waals surface area contributed by atoms with Crippen LogP contribution in [0.5, 0.6) is 5.75 Å². The lowest BCUT2D eigenvalue weighted by Gasteiger charge is -2.27. The maximum Gasteiger partial charge on any atom is 0.262 e. The summed E-state index contributed by atoms with van der Waals surface area (Å²) in [5.41, 5.74) is -0.863. The van der Waals surface area contributed by atoms with Crippen molar-refractivity contribution in [1.82, 2.24) is 5.32 Å². The van der Waals surface area contributed by atoms with Gasteiger partial charge >= 0.3 is 0 Å². The first-order chi connectivity index (χ1) is 9.87. The number of carbonyl (C=O) groups excluding carboxylic acids is 1. The Morgan fingerprint density at radius 1 is 1.43 bits per heavy atom. The SMILES string of the molecule is CCC(C#N)(CC)NC(=O)C(C)Oc1ccc(Cl)cc1Cl. The van der Waals surface area contributed by atoms with Gasteiger partial charge in [0, 0.05) is 5.02 Å². The number of ether oxygens (including phenoxy) is 1. The van der Waals surface area contributed by atoms with E-state index in [1.54, 1.807) is 25.1 Å². The second-order valence-corrected chi connectivity index (χ2v) is 5.57. The molecule has 0 heterocycles. The highest BCUT2D eigenvalue weighted by molar-refractivity contribution is 6.35. The summed E-state index contributed by atoms with van der Waals surface area (Å²) in [6.45, 7) is 5.32. The Labute approximate surface area is 135 Å². The Bertz CT molecular complexity index is 551. The Kier molecular flexibility index (Phi) is 6.32. The number of benzene rings is 1. The van der Waals surface area contributed by atoms with Crippen LogP contribution in [0.3, 0.4) is 0 Å². The Balaban J connectivity index is 2.77. The first-order valence-electron chi connectivity index (χ1n) is 6.72. The summed E-state index contributed by atoms with van der Waals surface area (Å²) in [7, 11) is 0. The minimum Gasteiger partial charge on any atom is -0.479 e. The van der Waals surface area contributed by atoms with E-state index in [1.807, 2.05) is 13.8 Å². The number of nitrogens with one attached hydrogen (secondary N) is 1. The Morgan fingerprint density at radius 3 is 2.52 bits per heavy atom. The lowest BCUT2D eigenvalue weighted by atomic mass is 9.94. The molecule has 1 N–H and O–H groups in total. The number of halogens is 2. The minimum atomic E-state index is -0.863. The zero-order valence-electron chi connectivity index (χ0n) is 12.2. The van der Waals surface area contributed by atoms with E-state index in [1.165, 1.54) is 0 Å². The van der Waals surface area contributed by atoms with E-state index >= 15 is 0 Å². The van der Waals surface area contributed by atoms with Gasteiger partial charge in [0.2, 0.25) is 0 Å². The van der Waals surface area contributed by atoms with Gasteiger partial charge in [-0.1, -0.05) is 37.0 Å². The number of amides is 1. The molecule has 0 aromatic heterocycles. The topological polar surface area (TPSA) is 62.1 Å². The van der Waals surface area contributed by atoms with Crippen molar-refractivity contribution < 1.29 is 9.53 Å². The molecular weight excluding hydrogens is 311 g/mol. The van der Waals surface area contributed by atoms with Crippen molar-refractivity contribution in [1.29, 1.82) is 5.26 Å². The summed E-state index contributed by atoms with van der Waals surface area (Å²) in [6, 6.07) is 6.93. The quantitative estimate of drug-likeness (QED) is 0.859. The summed E-state index contributed by atoms with van der Waals surface area (Å²) in [5.74, 6) is 0.0190. The summed E-state index contributed by atoms with van der Waals surface area (Å²) < 4.78 is 5.53. The van der Waals surface area contributed by atoms with Crippen LogP contribution in [-0.2, 0) is 4.79 Å². The number of carbonyl (C=O) groups is 1. The molecular formula is C15H18Cl2N2O2. The molecule has 1 atom stereocenters. The van der Waals surface area contributed by atoms with Gasteiger partial charge in [0.25, 0.3) is 5.91 Å². The predicted octanol–water partition coefficient (Wildman–Crippen LogP) is 3.96. The monoisotopic (exact) mass is 328 g/mol. The third-order valence-electron chi connectivity index (χ3n) is 3.35. The van der Waals surface area contributed by atoms with Crippen molar-refractivity contribution >= 4 is 29.1 Å². The predicted molar refractivity (Wildman–Crippen MR) is 83.6 cm³/mol. The first-order valence-corrected chi connectivity index (χ1v) is 7.48. The van der Waals surface area contributed by atoms with Crippen LogP contribution < -0.4 is 10.1 Å². The molecule has 0 saturated carbocycles. The second kappa shape index (κ2) is 7.53. The molecule has 1 rings (SSSR count). The van der Waals surface area contributed by atoms with Crippen molar-refractivity contribution in [2.75, 3.05) is 0 Å². The van der Waals surface area contributed by atoms with Crippen molar-refractivity contribution in [2.45, 2.75) is 45.3 Å². The van der Waals surface area contributed by atoms with E-state index in [4.69, 9.17) is 27.9 Å². The van der Waals surface area contributed by atoms with E-state index < -0.39 is 11.6 Å². The largest absolute Gasteiger partial charge is 0.479 e. The van der Waals surface area contributed by atoms with Crippen LogP contribution >= 0.6 is 23.2 Å². The minimum absolute atomic E-state index is 0.333. The second-order valence-electron chi connectivity index (χ2n) is 4.73. The lowest BCUT2D eigenvalue weighted by Crippen LogP contribution is -2.50. The zero-order valence-corrected chi connectivity index (χ0v) is 13.8. The van der Waals surface area contributed by atoms with Crippen LogP contribution in [0.4, 0.5) is 0 Å². The molecule has 0 saturated heterocycles. The molecule has 4 nitrogen and oxygen atoms in total. The third kappa shape index (κ3) is 4.52. The first kappa shape index (κ1) is 17.6. The molecule has 1 aromatic carbocycles. The molecule has 0 fully saturated rings. The van der Waals surface area contributed by atoms with E-state index in [0.29, 0.717) is 28.6 Å². The molecule has 0 aliphatic rings. The molecule has 1 aromatic rings. The summed E-state index contributed by atoms with van der Waals surface area (Å²) in [4.78, 5) is 12.2. The smallest absolute Gasteiger partial charge is 0.262 e. The van der Waals surface area contributed by atoms with Gasteiger partial charge in [0.15, 0.2) is 6.10 Å². The fourth-order valence-electron chi connectivity index (χ4n) is 1.77. The lowest BCUT2D eigenvalue weighted by molar-refractivity contribution is -0.128. The summed E-state index contributed by atoms with van der Waals surface area (Å²) in [5, 5.41) is 12.8. The molecule has 0 spiro atoms. The van der Waals surface area contributed by atoms with Crippen LogP contribution in [0.1, 0.15) is 33.6 Å². The van der Waals surface area contributed by atoms with Crippen molar-refractivity contribution in [2.24, 2.45) is 0 Å². The van der Waals surface area contributed by atoms with E-state index in [-0.39, 0.29) is 5.91 Å². The fraction of sp³-hybridized carbons (Fsp3) is 0.467. The molecule has 1 amide bonds. The number of hydrogen-bond acceptors (Lipinski definition) is 3. The Hall–Kier alpha value is -1.44. The molecule has 114 valence electrons. The highest BCUT2D eigenvalue weighted by Gasteiger charge is 2.30. The Morgan fingerprint density at radius 2 is 2.05 bits per heavy atom. The third-order valence-corrected chi connectivity index (χ3v) is 3.88. The van der Waals surface area contributed by atoms with Gasteiger partial charge in [0.05, 0.1) is 11.1 Å². The highest BCUT2D eigenvalue weighted by Crippen LogP contribution is 2.28. The van der Waals surface area contributed by atoms with E-state index in [0.717, 1.165) is 0 Å². The van der Waals surface area contributed by atoms with Crippen molar-refractivity contribution in [3.63, 3.8) is 0 Å². The van der Waals surface area contributed by atoms with Gasteiger partial charge in [0.1, 0.15) is 11.3 Å². The number of nitrogens with zero attached hydrogens (tertiary/aromatic N) is 1. The van der Waals surface area contributed by atoms with Crippen molar-refractivity contribution in [3.8, 4) is 11.8 Å². The van der Waals surface area contributed by atoms with Crippen molar-refractivity contribution in [3.05, 3.63) is 28.2 Å².